The van der Waals surface area contributed by atoms with Crippen LogP contribution in [0.2, 0.25) is 0 Å². The van der Waals surface area contributed by atoms with E-state index in [-0.39, 0.29) is 11.9 Å². The molecule has 1 atom stereocenters. The zero-order valence-electron chi connectivity index (χ0n) is 22.6. The van der Waals surface area contributed by atoms with Gasteiger partial charge in [0.1, 0.15) is 0 Å². The highest BCUT2D eigenvalue weighted by Gasteiger charge is 2.22. The van der Waals surface area contributed by atoms with E-state index < -0.39 is 0 Å². The minimum atomic E-state index is -0.132. The first-order valence-electron chi connectivity index (χ1n) is 14.2. The Morgan fingerprint density at radius 1 is 1.05 bits per heavy atom. The van der Waals surface area contributed by atoms with Crippen LogP contribution in [0.5, 0.6) is 0 Å². The number of hydrogen-bond donors (Lipinski definition) is 1. The summed E-state index contributed by atoms with van der Waals surface area (Å²) in [6.45, 7) is 5.74. The lowest BCUT2D eigenvalue weighted by Gasteiger charge is -2.24. The number of hydrogen-bond acceptors (Lipinski definition) is 6. The molecule has 1 saturated heterocycles. The molecule has 1 amide bonds. The molecule has 0 spiro atoms. The van der Waals surface area contributed by atoms with Crippen LogP contribution in [0.4, 0.5) is 5.69 Å². The van der Waals surface area contributed by atoms with Crippen molar-refractivity contribution in [3.63, 3.8) is 0 Å². The van der Waals surface area contributed by atoms with Crippen LogP contribution in [0.25, 0.3) is 0 Å². The van der Waals surface area contributed by atoms with E-state index in [9.17, 15) is 9.59 Å². The average Bonchev–Trinajstić information content (AvgIpc) is 2.94. The van der Waals surface area contributed by atoms with Crippen LogP contribution in [0, 0.1) is 5.92 Å². The number of carbonyl (C=O) groups excluding carboxylic acids is 2. The number of ether oxygens (including phenoxy) is 2. The highest BCUT2D eigenvalue weighted by molar-refractivity contribution is 6.04. The molecule has 1 unspecified atom stereocenters. The van der Waals surface area contributed by atoms with Gasteiger partial charge < -0.3 is 14.8 Å². The summed E-state index contributed by atoms with van der Waals surface area (Å²) in [6, 6.07) is 13.6. The number of hydrazone groups is 1. The highest BCUT2D eigenvalue weighted by Crippen LogP contribution is 2.30. The molecule has 2 aromatic rings. The van der Waals surface area contributed by atoms with Crippen LogP contribution < -0.4 is 5.32 Å². The van der Waals surface area contributed by atoms with Gasteiger partial charge in [-0.2, -0.15) is 5.10 Å². The number of rotatable bonds is 12. The summed E-state index contributed by atoms with van der Waals surface area (Å²) in [7, 11) is 0. The number of nitrogens with zero attached hydrogens (tertiary/aromatic N) is 2. The Morgan fingerprint density at radius 3 is 2.63 bits per heavy atom. The van der Waals surface area contributed by atoms with E-state index in [0.717, 1.165) is 56.4 Å². The van der Waals surface area contributed by atoms with Gasteiger partial charge >= 0.3 is 5.97 Å². The molecular weight excluding hydrogens is 478 g/mol. The van der Waals surface area contributed by atoms with E-state index in [4.69, 9.17) is 9.47 Å². The number of esters is 1. The minimum Gasteiger partial charge on any atom is -0.466 e. The summed E-state index contributed by atoms with van der Waals surface area (Å²) in [6.07, 6.45) is 10.8. The van der Waals surface area contributed by atoms with Crippen molar-refractivity contribution >= 4 is 23.8 Å². The van der Waals surface area contributed by atoms with Gasteiger partial charge in [0.2, 0.25) is 0 Å². The third-order valence-electron chi connectivity index (χ3n) is 7.29. The first kappa shape index (κ1) is 27.8. The maximum atomic E-state index is 12.8. The van der Waals surface area contributed by atoms with Gasteiger partial charge in [-0.25, -0.2) is 0 Å². The number of nitrogens with one attached hydrogen (secondary N) is 1. The SMILES string of the molecule is CCCCCCCOC(=O)CC1CCc2cc(NC(=O)c3ccc(C=NN4CCOCC4)cc3)ccc2C1. The summed E-state index contributed by atoms with van der Waals surface area (Å²) in [5.41, 5.74) is 4.86. The molecule has 2 aromatic carbocycles. The highest BCUT2D eigenvalue weighted by atomic mass is 16.5. The molecule has 0 bridgehead atoms. The quantitative estimate of drug-likeness (QED) is 0.224. The van der Waals surface area contributed by atoms with Crippen molar-refractivity contribution in [1.29, 1.82) is 0 Å². The van der Waals surface area contributed by atoms with Crippen LogP contribution in [-0.2, 0) is 27.1 Å². The fourth-order valence-electron chi connectivity index (χ4n) is 5.01. The number of benzene rings is 2. The van der Waals surface area contributed by atoms with Gasteiger partial charge in [0.15, 0.2) is 0 Å². The van der Waals surface area contributed by atoms with Crippen LogP contribution in [0.3, 0.4) is 0 Å². The zero-order valence-corrected chi connectivity index (χ0v) is 22.6. The van der Waals surface area contributed by atoms with E-state index in [1.165, 1.54) is 30.4 Å². The maximum absolute atomic E-state index is 12.8. The Labute approximate surface area is 226 Å². The van der Waals surface area contributed by atoms with Crippen molar-refractivity contribution < 1.29 is 19.1 Å². The Morgan fingerprint density at radius 2 is 1.84 bits per heavy atom. The van der Waals surface area contributed by atoms with Crippen LogP contribution in [-0.4, -0.2) is 56.0 Å². The molecule has 2 aliphatic rings. The van der Waals surface area contributed by atoms with Gasteiger partial charge in [-0.15, -0.1) is 0 Å². The largest absolute Gasteiger partial charge is 0.466 e. The second-order valence-electron chi connectivity index (χ2n) is 10.3. The van der Waals surface area contributed by atoms with Crippen molar-refractivity contribution in [3.8, 4) is 0 Å². The molecule has 1 aliphatic heterocycles. The maximum Gasteiger partial charge on any atom is 0.306 e. The van der Waals surface area contributed by atoms with Crippen LogP contribution in [0.1, 0.15) is 78.9 Å². The topological polar surface area (TPSA) is 80.2 Å². The Balaban J connectivity index is 1.22. The van der Waals surface area contributed by atoms with Gasteiger partial charge in [0.25, 0.3) is 5.91 Å². The smallest absolute Gasteiger partial charge is 0.306 e. The molecule has 38 heavy (non-hydrogen) atoms. The van der Waals surface area contributed by atoms with E-state index >= 15 is 0 Å². The molecule has 1 fully saturated rings. The van der Waals surface area contributed by atoms with Gasteiger partial charge in [0.05, 0.1) is 39.1 Å². The average molecular weight is 520 g/mol. The van der Waals surface area contributed by atoms with Crippen molar-refractivity contribution in [3.05, 3.63) is 64.7 Å². The summed E-state index contributed by atoms with van der Waals surface area (Å²) in [5, 5.41) is 9.50. The van der Waals surface area contributed by atoms with E-state index in [1.54, 1.807) is 0 Å². The predicted octanol–water partition coefficient (Wildman–Crippen LogP) is 5.61. The third-order valence-corrected chi connectivity index (χ3v) is 7.29. The summed E-state index contributed by atoms with van der Waals surface area (Å²) in [4.78, 5) is 25.1. The number of carbonyl (C=O) groups is 2. The van der Waals surface area contributed by atoms with Gasteiger partial charge in [-0.1, -0.05) is 50.8 Å². The first-order chi connectivity index (χ1) is 18.6. The number of amides is 1. The van der Waals surface area contributed by atoms with Crippen molar-refractivity contribution in [2.45, 2.75) is 64.7 Å². The van der Waals surface area contributed by atoms with Crippen LogP contribution in [0.15, 0.2) is 47.6 Å². The molecule has 7 heteroatoms. The second-order valence-corrected chi connectivity index (χ2v) is 10.3. The second kappa shape index (κ2) is 14.7. The summed E-state index contributed by atoms with van der Waals surface area (Å²) < 4.78 is 10.8. The Bertz CT molecular complexity index is 1080. The summed E-state index contributed by atoms with van der Waals surface area (Å²) >= 11 is 0. The standard InChI is InChI=1S/C31H41N3O4/c1-2-3-4-5-6-17-38-30(35)21-25-9-12-28-22-29(14-13-27(28)20-25)33-31(36)26-10-7-24(8-11-26)23-32-34-15-18-37-19-16-34/h7-8,10-11,13-14,22-23,25H,2-6,9,12,15-21H2,1H3,(H,33,36). The molecule has 1 aliphatic carbocycles. The van der Waals surface area contributed by atoms with Gasteiger partial charge in [-0.3, -0.25) is 14.6 Å². The number of fused-ring (bicyclic) bond motifs is 1. The number of anilines is 1. The molecule has 0 aromatic heterocycles. The molecule has 7 nitrogen and oxygen atoms in total. The van der Waals surface area contributed by atoms with E-state index in [0.29, 0.717) is 37.7 Å². The fourth-order valence-corrected chi connectivity index (χ4v) is 5.01. The van der Waals surface area contributed by atoms with Crippen LogP contribution >= 0.6 is 0 Å². The fraction of sp³-hybridized carbons (Fsp3) is 0.516. The van der Waals surface area contributed by atoms with Crippen molar-refractivity contribution in [1.82, 2.24) is 5.01 Å². The summed E-state index contributed by atoms with van der Waals surface area (Å²) in [5.74, 6) is 0.116. The minimum absolute atomic E-state index is 0.0730. The Kier molecular flexibility index (Phi) is 10.7. The number of aryl methyl sites for hydroxylation is 1. The molecule has 0 radical (unpaired) electrons. The lowest BCUT2D eigenvalue weighted by molar-refractivity contribution is -0.145. The van der Waals surface area contributed by atoms with Gasteiger partial charge in [0, 0.05) is 17.7 Å². The van der Waals surface area contributed by atoms with Crippen molar-refractivity contribution in [2.24, 2.45) is 11.0 Å². The van der Waals surface area contributed by atoms with E-state index in [2.05, 4.69) is 29.5 Å². The van der Waals surface area contributed by atoms with Crippen molar-refractivity contribution in [2.75, 3.05) is 38.2 Å². The number of unbranched alkanes of at least 4 members (excludes halogenated alkanes) is 4. The number of morpholine rings is 1. The monoisotopic (exact) mass is 519 g/mol. The molecular formula is C31H41N3O4. The molecule has 1 heterocycles. The predicted molar refractivity (Wildman–Crippen MR) is 151 cm³/mol. The molecule has 204 valence electrons. The van der Waals surface area contributed by atoms with E-state index in [1.807, 2.05) is 41.6 Å². The lowest BCUT2D eigenvalue weighted by atomic mass is 9.82. The molecule has 4 rings (SSSR count). The Hall–Kier alpha value is -3.19. The van der Waals surface area contributed by atoms with Gasteiger partial charge in [-0.05, 0) is 72.6 Å². The third kappa shape index (κ3) is 8.69. The normalized spacial score (nSPS) is 17.3. The molecule has 1 N–H and O–H groups in total. The first-order valence-corrected chi connectivity index (χ1v) is 14.2. The lowest BCUT2D eigenvalue weighted by Crippen LogP contribution is -2.32. The zero-order chi connectivity index (χ0) is 26.6. The molecule has 0 saturated carbocycles.